The molecular weight excluding hydrogens is 302 g/mol. The van der Waals surface area contributed by atoms with E-state index < -0.39 is 11.6 Å². The molecule has 0 saturated heterocycles. The molecule has 0 amide bonds. The first-order valence-electron chi connectivity index (χ1n) is 5.35. The fraction of sp³-hybridized carbons (Fsp3) is 0.154. The van der Waals surface area contributed by atoms with E-state index in [1.165, 1.54) is 6.07 Å². The van der Waals surface area contributed by atoms with Crippen LogP contribution in [0.1, 0.15) is 17.3 Å². The highest BCUT2D eigenvalue weighted by atomic mass is 79.9. The second-order valence-electron chi connectivity index (χ2n) is 3.80. The predicted molar refractivity (Wildman–Crippen MR) is 69.2 cm³/mol. The fourth-order valence-electron chi connectivity index (χ4n) is 1.74. The Hall–Kier alpha value is -1.33. The Labute approximate surface area is 112 Å². The highest BCUT2D eigenvalue weighted by molar-refractivity contribution is 9.10. The number of hydrogen-bond acceptors (Lipinski definition) is 2. The fourth-order valence-corrected chi connectivity index (χ4v) is 1.97. The molecule has 2 nitrogen and oxygen atoms in total. The van der Waals surface area contributed by atoms with Crippen LogP contribution in [-0.4, -0.2) is 12.0 Å². The molecule has 2 aromatic rings. The van der Waals surface area contributed by atoms with Crippen molar-refractivity contribution in [3.8, 4) is 0 Å². The van der Waals surface area contributed by atoms with E-state index in [0.29, 0.717) is 5.56 Å². The number of halogens is 3. The minimum absolute atomic E-state index is 0.270. The van der Waals surface area contributed by atoms with Crippen molar-refractivity contribution in [2.24, 2.45) is 0 Å². The van der Waals surface area contributed by atoms with Crippen molar-refractivity contribution >= 4 is 15.9 Å². The first-order valence-corrected chi connectivity index (χ1v) is 6.15. The van der Waals surface area contributed by atoms with Gasteiger partial charge in [-0.15, -0.1) is 0 Å². The molecule has 0 radical (unpaired) electrons. The van der Waals surface area contributed by atoms with Gasteiger partial charge in [0, 0.05) is 10.7 Å². The number of aromatic nitrogens is 1. The molecule has 5 heteroatoms. The van der Waals surface area contributed by atoms with Crippen molar-refractivity contribution in [2.75, 3.05) is 7.05 Å². The second-order valence-corrected chi connectivity index (χ2v) is 4.71. The number of hydrogen-bond donors (Lipinski definition) is 1. The molecule has 1 unspecified atom stereocenters. The quantitative estimate of drug-likeness (QED) is 0.939. The van der Waals surface area contributed by atoms with Gasteiger partial charge in [0.2, 0.25) is 0 Å². The maximum Gasteiger partial charge on any atom is 0.159 e. The van der Waals surface area contributed by atoms with Gasteiger partial charge in [0.15, 0.2) is 11.6 Å². The molecule has 1 aromatic heterocycles. The van der Waals surface area contributed by atoms with Crippen LogP contribution in [0.15, 0.2) is 41.0 Å². The molecule has 0 fully saturated rings. The van der Waals surface area contributed by atoms with Crippen molar-refractivity contribution in [1.29, 1.82) is 0 Å². The van der Waals surface area contributed by atoms with E-state index in [9.17, 15) is 8.78 Å². The number of rotatable bonds is 3. The van der Waals surface area contributed by atoms with Gasteiger partial charge in [-0.2, -0.15) is 0 Å². The molecule has 1 aromatic carbocycles. The minimum Gasteiger partial charge on any atom is -0.308 e. The number of pyridine rings is 1. The van der Waals surface area contributed by atoms with E-state index in [1.807, 2.05) is 12.1 Å². The average Bonchev–Trinajstić information content (AvgIpc) is 2.37. The molecule has 2 rings (SSSR count). The van der Waals surface area contributed by atoms with E-state index in [2.05, 4.69) is 26.2 Å². The van der Waals surface area contributed by atoms with Crippen molar-refractivity contribution in [3.05, 3.63) is 63.9 Å². The van der Waals surface area contributed by atoms with Gasteiger partial charge in [-0.25, -0.2) is 8.78 Å². The predicted octanol–water partition coefficient (Wildman–Crippen LogP) is 3.43. The number of nitrogens with zero attached hydrogens (tertiary/aromatic N) is 1. The molecule has 0 aliphatic rings. The molecule has 1 heterocycles. The Kier molecular flexibility index (Phi) is 4.04. The largest absolute Gasteiger partial charge is 0.308 e. The first kappa shape index (κ1) is 13.1. The zero-order valence-electron chi connectivity index (χ0n) is 9.62. The topological polar surface area (TPSA) is 24.9 Å². The molecule has 1 atom stereocenters. The van der Waals surface area contributed by atoms with Crippen LogP contribution in [0.25, 0.3) is 0 Å². The maximum absolute atomic E-state index is 13.2. The summed E-state index contributed by atoms with van der Waals surface area (Å²) < 4.78 is 27.0. The van der Waals surface area contributed by atoms with E-state index in [0.717, 1.165) is 16.2 Å². The molecular formula is C13H11BrF2N2. The van der Waals surface area contributed by atoms with Crippen LogP contribution in [0.5, 0.6) is 0 Å². The Morgan fingerprint density at radius 2 is 1.94 bits per heavy atom. The smallest absolute Gasteiger partial charge is 0.159 e. The van der Waals surface area contributed by atoms with Crippen molar-refractivity contribution < 1.29 is 8.78 Å². The molecule has 0 saturated carbocycles. The number of nitrogens with one attached hydrogen (secondary N) is 1. The second kappa shape index (κ2) is 5.54. The minimum atomic E-state index is -0.857. The van der Waals surface area contributed by atoms with Gasteiger partial charge in [-0.3, -0.25) is 4.98 Å². The van der Waals surface area contributed by atoms with Gasteiger partial charge in [0.25, 0.3) is 0 Å². The van der Waals surface area contributed by atoms with Gasteiger partial charge in [-0.1, -0.05) is 6.07 Å². The summed E-state index contributed by atoms with van der Waals surface area (Å²) in [5.41, 5.74) is 1.37. The van der Waals surface area contributed by atoms with E-state index in [4.69, 9.17) is 0 Å². The van der Waals surface area contributed by atoms with Crippen LogP contribution in [0, 0.1) is 11.6 Å². The van der Waals surface area contributed by atoms with Crippen molar-refractivity contribution in [1.82, 2.24) is 10.3 Å². The van der Waals surface area contributed by atoms with Crippen molar-refractivity contribution in [2.45, 2.75) is 6.04 Å². The maximum atomic E-state index is 13.2. The summed E-state index contributed by atoms with van der Waals surface area (Å²) in [6.07, 6.45) is 1.67. The zero-order chi connectivity index (χ0) is 13.1. The van der Waals surface area contributed by atoms with E-state index in [-0.39, 0.29) is 6.04 Å². The third kappa shape index (κ3) is 2.73. The van der Waals surface area contributed by atoms with Crippen LogP contribution in [-0.2, 0) is 0 Å². The third-order valence-corrected chi connectivity index (χ3v) is 3.08. The lowest BCUT2D eigenvalue weighted by atomic mass is 10.0. The van der Waals surface area contributed by atoms with Gasteiger partial charge in [0.05, 0.1) is 11.7 Å². The Morgan fingerprint density at radius 3 is 2.50 bits per heavy atom. The SMILES string of the molecule is CNC(c1ccc(F)c(F)c1)c1ccc(Br)cn1. The third-order valence-electron chi connectivity index (χ3n) is 2.61. The monoisotopic (exact) mass is 312 g/mol. The van der Waals surface area contributed by atoms with Crippen LogP contribution in [0.3, 0.4) is 0 Å². The van der Waals surface area contributed by atoms with Crippen LogP contribution < -0.4 is 5.32 Å². The van der Waals surface area contributed by atoms with Crippen LogP contribution >= 0.6 is 15.9 Å². The summed E-state index contributed by atoms with van der Waals surface area (Å²) in [7, 11) is 1.75. The Morgan fingerprint density at radius 1 is 1.17 bits per heavy atom. The van der Waals surface area contributed by atoms with Crippen LogP contribution in [0.4, 0.5) is 8.78 Å². The first-order chi connectivity index (χ1) is 8.61. The molecule has 0 spiro atoms. The lowest BCUT2D eigenvalue weighted by Crippen LogP contribution is -2.19. The normalized spacial score (nSPS) is 12.4. The summed E-state index contributed by atoms with van der Waals surface area (Å²) in [5.74, 6) is -1.71. The summed E-state index contributed by atoms with van der Waals surface area (Å²) in [6, 6.07) is 7.25. The summed E-state index contributed by atoms with van der Waals surface area (Å²) in [4.78, 5) is 4.25. The molecule has 0 bridgehead atoms. The summed E-state index contributed by atoms with van der Waals surface area (Å²) >= 11 is 3.30. The Bertz CT molecular complexity index is 543. The molecule has 18 heavy (non-hydrogen) atoms. The average molecular weight is 313 g/mol. The summed E-state index contributed by atoms with van der Waals surface area (Å²) in [6.45, 7) is 0. The van der Waals surface area contributed by atoms with Gasteiger partial charge < -0.3 is 5.32 Å². The van der Waals surface area contributed by atoms with Gasteiger partial charge in [0.1, 0.15) is 0 Å². The zero-order valence-corrected chi connectivity index (χ0v) is 11.2. The molecule has 0 aliphatic carbocycles. The van der Waals surface area contributed by atoms with Crippen molar-refractivity contribution in [3.63, 3.8) is 0 Å². The number of benzene rings is 1. The van der Waals surface area contributed by atoms with Crippen LogP contribution in [0.2, 0.25) is 0 Å². The highest BCUT2D eigenvalue weighted by Crippen LogP contribution is 2.22. The van der Waals surface area contributed by atoms with Gasteiger partial charge >= 0.3 is 0 Å². The van der Waals surface area contributed by atoms with E-state index in [1.54, 1.807) is 19.3 Å². The van der Waals surface area contributed by atoms with E-state index >= 15 is 0 Å². The van der Waals surface area contributed by atoms with Gasteiger partial charge in [-0.05, 0) is 52.8 Å². The Balaban J connectivity index is 2.38. The standard InChI is InChI=1S/C13H11BrF2N2/c1-17-13(12-5-3-9(14)7-18-12)8-2-4-10(15)11(16)6-8/h2-7,13,17H,1H3. The molecule has 94 valence electrons. The molecule has 0 aliphatic heterocycles. The summed E-state index contributed by atoms with van der Waals surface area (Å²) in [5, 5.41) is 3.03. The lowest BCUT2D eigenvalue weighted by molar-refractivity contribution is 0.504. The highest BCUT2D eigenvalue weighted by Gasteiger charge is 2.15. The molecule has 1 N–H and O–H groups in total. The lowest BCUT2D eigenvalue weighted by Gasteiger charge is -2.16.